The largest absolute Gasteiger partial charge is 0.393 e. The SMILES string of the molecule is CC1CN(CC(C(N)=S)c2ccccc2)CCCO1. The lowest BCUT2D eigenvalue weighted by Crippen LogP contribution is -2.37. The molecule has 2 unspecified atom stereocenters. The summed E-state index contributed by atoms with van der Waals surface area (Å²) in [5, 5.41) is 0. The van der Waals surface area contributed by atoms with Crippen LogP contribution in [0.2, 0.25) is 0 Å². The predicted octanol–water partition coefficient (Wildman–Crippen LogP) is 2.17. The Kier molecular flexibility index (Phi) is 5.31. The molecule has 0 spiro atoms. The van der Waals surface area contributed by atoms with Gasteiger partial charge in [-0.3, -0.25) is 4.90 Å². The zero-order chi connectivity index (χ0) is 13.7. The molecule has 1 aromatic rings. The van der Waals surface area contributed by atoms with Crippen molar-refractivity contribution in [2.75, 3.05) is 26.2 Å². The van der Waals surface area contributed by atoms with Gasteiger partial charge in [-0.2, -0.15) is 0 Å². The molecular weight excluding hydrogens is 256 g/mol. The van der Waals surface area contributed by atoms with Gasteiger partial charge in [-0.05, 0) is 18.9 Å². The van der Waals surface area contributed by atoms with Crippen LogP contribution in [0.5, 0.6) is 0 Å². The highest BCUT2D eigenvalue weighted by Crippen LogP contribution is 2.19. The Labute approximate surface area is 120 Å². The first-order chi connectivity index (χ1) is 9.16. The van der Waals surface area contributed by atoms with Gasteiger partial charge in [0.2, 0.25) is 0 Å². The Balaban J connectivity index is 2.06. The molecule has 0 radical (unpaired) electrons. The summed E-state index contributed by atoms with van der Waals surface area (Å²) < 4.78 is 5.68. The fraction of sp³-hybridized carbons (Fsp3) is 0.533. The molecule has 1 aromatic carbocycles. The van der Waals surface area contributed by atoms with Crippen LogP contribution in [-0.4, -0.2) is 42.2 Å². The Morgan fingerprint density at radius 3 is 2.89 bits per heavy atom. The second-order valence-corrected chi connectivity index (χ2v) is 5.63. The van der Waals surface area contributed by atoms with E-state index in [1.807, 2.05) is 18.2 Å². The summed E-state index contributed by atoms with van der Waals surface area (Å²) in [6, 6.07) is 10.3. The molecule has 1 aliphatic rings. The molecule has 3 nitrogen and oxygen atoms in total. The monoisotopic (exact) mass is 278 g/mol. The summed E-state index contributed by atoms with van der Waals surface area (Å²) in [5.74, 6) is 0.126. The van der Waals surface area contributed by atoms with E-state index >= 15 is 0 Å². The van der Waals surface area contributed by atoms with Crippen molar-refractivity contribution in [2.45, 2.75) is 25.4 Å². The van der Waals surface area contributed by atoms with Crippen LogP contribution >= 0.6 is 12.2 Å². The normalized spacial score (nSPS) is 22.7. The van der Waals surface area contributed by atoms with Crippen LogP contribution in [0.15, 0.2) is 30.3 Å². The standard InChI is InChI=1S/C15H22N2OS/c1-12-10-17(8-5-9-18-12)11-14(15(16)19)13-6-3-2-4-7-13/h2-4,6-7,12,14H,5,8-11H2,1H3,(H2,16,19). The van der Waals surface area contributed by atoms with Gasteiger partial charge in [0.25, 0.3) is 0 Å². The van der Waals surface area contributed by atoms with Crippen molar-refractivity contribution in [1.29, 1.82) is 0 Å². The van der Waals surface area contributed by atoms with Crippen molar-refractivity contribution in [3.8, 4) is 0 Å². The minimum absolute atomic E-state index is 0.126. The van der Waals surface area contributed by atoms with E-state index in [-0.39, 0.29) is 12.0 Å². The van der Waals surface area contributed by atoms with Crippen LogP contribution in [0.4, 0.5) is 0 Å². The van der Waals surface area contributed by atoms with Gasteiger partial charge >= 0.3 is 0 Å². The Bertz CT molecular complexity index is 410. The van der Waals surface area contributed by atoms with E-state index in [1.165, 1.54) is 5.56 Å². The smallest absolute Gasteiger partial charge is 0.0816 e. The minimum atomic E-state index is 0.126. The third-order valence-corrected chi connectivity index (χ3v) is 3.81. The number of thiocarbonyl (C=S) groups is 1. The van der Waals surface area contributed by atoms with E-state index in [1.54, 1.807) is 0 Å². The van der Waals surface area contributed by atoms with Crippen LogP contribution in [-0.2, 0) is 4.74 Å². The molecule has 0 aromatic heterocycles. The minimum Gasteiger partial charge on any atom is -0.393 e. The highest BCUT2D eigenvalue weighted by Gasteiger charge is 2.21. The molecule has 1 saturated heterocycles. The number of ether oxygens (including phenoxy) is 1. The number of rotatable bonds is 4. The van der Waals surface area contributed by atoms with E-state index in [0.29, 0.717) is 4.99 Å². The quantitative estimate of drug-likeness (QED) is 0.857. The molecule has 0 bridgehead atoms. The Morgan fingerprint density at radius 1 is 1.47 bits per heavy atom. The van der Waals surface area contributed by atoms with Crippen molar-refractivity contribution in [2.24, 2.45) is 5.73 Å². The maximum Gasteiger partial charge on any atom is 0.0816 e. The summed E-state index contributed by atoms with van der Waals surface area (Å²) in [7, 11) is 0. The second-order valence-electron chi connectivity index (χ2n) is 5.16. The number of nitrogens with zero attached hydrogens (tertiary/aromatic N) is 1. The zero-order valence-electron chi connectivity index (χ0n) is 11.4. The molecule has 19 heavy (non-hydrogen) atoms. The fourth-order valence-electron chi connectivity index (χ4n) is 2.55. The van der Waals surface area contributed by atoms with Gasteiger partial charge in [0.15, 0.2) is 0 Å². The zero-order valence-corrected chi connectivity index (χ0v) is 12.2. The average Bonchev–Trinajstić information content (AvgIpc) is 2.61. The van der Waals surface area contributed by atoms with Crippen molar-refractivity contribution in [3.63, 3.8) is 0 Å². The number of benzene rings is 1. The van der Waals surface area contributed by atoms with Crippen LogP contribution in [0, 0.1) is 0 Å². The summed E-state index contributed by atoms with van der Waals surface area (Å²) >= 11 is 5.25. The molecule has 0 amide bonds. The van der Waals surface area contributed by atoms with Crippen LogP contribution in [0.1, 0.15) is 24.8 Å². The number of hydrogen-bond acceptors (Lipinski definition) is 3. The molecule has 4 heteroatoms. The molecule has 1 aliphatic heterocycles. The lowest BCUT2D eigenvalue weighted by Gasteiger charge is -2.27. The van der Waals surface area contributed by atoms with Gasteiger partial charge in [0, 0.05) is 32.2 Å². The van der Waals surface area contributed by atoms with E-state index in [2.05, 4.69) is 24.0 Å². The summed E-state index contributed by atoms with van der Waals surface area (Å²) in [4.78, 5) is 2.98. The van der Waals surface area contributed by atoms with Crippen LogP contribution < -0.4 is 5.73 Å². The molecule has 0 saturated carbocycles. The van der Waals surface area contributed by atoms with E-state index < -0.39 is 0 Å². The van der Waals surface area contributed by atoms with E-state index in [0.717, 1.165) is 32.7 Å². The first-order valence-electron chi connectivity index (χ1n) is 6.85. The lowest BCUT2D eigenvalue weighted by molar-refractivity contribution is 0.0676. The molecule has 104 valence electrons. The van der Waals surface area contributed by atoms with Crippen molar-refractivity contribution >= 4 is 17.2 Å². The number of nitrogens with two attached hydrogens (primary N) is 1. The maximum atomic E-state index is 5.93. The van der Waals surface area contributed by atoms with Crippen molar-refractivity contribution in [1.82, 2.24) is 4.90 Å². The topological polar surface area (TPSA) is 38.5 Å². The first-order valence-corrected chi connectivity index (χ1v) is 7.26. The molecule has 2 N–H and O–H groups in total. The maximum absolute atomic E-state index is 5.93. The number of hydrogen-bond donors (Lipinski definition) is 1. The Hall–Kier alpha value is -0.970. The third kappa shape index (κ3) is 4.27. The third-order valence-electron chi connectivity index (χ3n) is 3.52. The van der Waals surface area contributed by atoms with Gasteiger partial charge in [0.1, 0.15) is 0 Å². The summed E-state index contributed by atoms with van der Waals surface area (Å²) in [6.45, 7) is 5.85. The van der Waals surface area contributed by atoms with E-state index in [4.69, 9.17) is 22.7 Å². The summed E-state index contributed by atoms with van der Waals surface area (Å²) in [5.41, 5.74) is 7.13. The van der Waals surface area contributed by atoms with E-state index in [9.17, 15) is 0 Å². The highest BCUT2D eigenvalue weighted by molar-refractivity contribution is 7.80. The van der Waals surface area contributed by atoms with Gasteiger partial charge in [-0.1, -0.05) is 42.5 Å². The molecule has 2 rings (SSSR count). The molecular formula is C15H22N2OS. The van der Waals surface area contributed by atoms with Gasteiger partial charge in [0.05, 0.1) is 11.1 Å². The lowest BCUT2D eigenvalue weighted by atomic mass is 9.98. The Morgan fingerprint density at radius 2 is 2.21 bits per heavy atom. The van der Waals surface area contributed by atoms with Crippen molar-refractivity contribution in [3.05, 3.63) is 35.9 Å². The summed E-state index contributed by atoms with van der Waals surface area (Å²) in [6.07, 6.45) is 1.36. The first kappa shape index (κ1) is 14.4. The molecule has 1 fully saturated rings. The van der Waals surface area contributed by atoms with Gasteiger partial charge in [-0.25, -0.2) is 0 Å². The van der Waals surface area contributed by atoms with Gasteiger partial charge in [-0.15, -0.1) is 0 Å². The average molecular weight is 278 g/mol. The van der Waals surface area contributed by atoms with Crippen LogP contribution in [0.3, 0.4) is 0 Å². The van der Waals surface area contributed by atoms with Crippen molar-refractivity contribution < 1.29 is 4.74 Å². The second kappa shape index (κ2) is 6.98. The molecule has 2 atom stereocenters. The fourth-order valence-corrected chi connectivity index (χ4v) is 2.76. The van der Waals surface area contributed by atoms with Gasteiger partial charge < -0.3 is 10.5 Å². The molecule has 0 aliphatic carbocycles. The van der Waals surface area contributed by atoms with Crippen LogP contribution in [0.25, 0.3) is 0 Å². The molecule has 1 heterocycles. The highest BCUT2D eigenvalue weighted by atomic mass is 32.1. The predicted molar refractivity (Wildman–Crippen MR) is 82.4 cm³/mol.